The molecule has 0 aromatic carbocycles. The second kappa shape index (κ2) is 32.7. The molecule has 1 amide bonds. The smallest absolute Gasteiger partial charge is 0.217 e. The molecule has 0 aromatic rings. The van der Waals surface area contributed by atoms with Crippen molar-refractivity contribution in [3.8, 4) is 0 Å². The van der Waals surface area contributed by atoms with E-state index in [1.54, 1.807) is 0 Å². The van der Waals surface area contributed by atoms with Gasteiger partial charge in [0.1, 0.15) is 195 Å². The monoisotopic (exact) mass is 1360 g/mol. The van der Waals surface area contributed by atoms with E-state index in [-0.39, 0.29) is 0 Å². The maximum Gasteiger partial charge on any atom is 0.217 e. The Kier molecular flexibility index (Phi) is 26.9. The summed E-state index contributed by atoms with van der Waals surface area (Å²) in [5.41, 5.74) is 0. The van der Waals surface area contributed by atoms with E-state index < -0.39 is 304 Å². The van der Waals surface area contributed by atoms with Crippen molar-refractivity contribution in [3.05, 3.63) is 0 Å². The standard InChI is InChI=1S/C50H85NO41/c1-10(59)51-19-27(67)37(17(8-58)79-43(19)77)87-47-36(76)39(89-49-42(32(72)24(64)14(5-55)84-49)92-50-41(31(71)23(63)15(6-56)85-50)91-46-34(74)29(69)21(61)12(3-53)82-46)26(66)18(86-47)9-78-44-35(75)38(25(65)16(7-57)80-44)88-48-40(30(70)22(62)13(4-54)83-48)90-45-33(73)28(68)20(60)11(2-52)81-45/h11-50,52-58,60-77H,2-9H2,1H3,(H,51,59)/t11-,12-,13-,14-,15-,16-,17-,18-,19-,20-,21-,22-,23-,24-,25-,26-,27-,28+,29+,30+,31+,32+,33+,34+,35+,36+,37-,38+,39+,40+,41+,42+,43?,44+,45-,46-,47+,48-,49-,50-/m1/s1. The average molecular weight is 1360 g/mol. The zero-order valence-corrected chi connectivity index (χ0v) is 48.5. The first-order valence-electron chi connectivity index (χ1n) is 29.2. The number of nitrogens with one attached hydrogen (secondary N) is 1. The van der Waals surface area contributed by atoms with Gasteiger partial charge in [0.05, 0.1) is 52.9 Å². The van der Waals surface area contributed by atoms with E-state index in [9.17, 15) is 132 Å². The van der Waals surface area contributed by atoms with Crippen molar-refractivity contribution in [1.82, 2.24) is 5.32 Å². The Hall–Kier alpha value is -2.13. The molecule has 0 bridgehead atoms. The molecule has 0 radical (unpaired) electrons. The van der Waals surface area contributed by atoms with Crippen LogP contribution in [0.4, 0.5) is 0 Å². The van der Waals surface area contributed by atoms with Crippen LogP contribution in [0.25, 0.3) is 0 Å². The Morgan fingerprint density at radius 2 is 0.565 bits per heavy atom. The van der Waals surface area contributed by atoms with Crippen molar-refractivity contribution in [1.29, 1.82) is 0 Å². The predicted octanol–water partition coefficient (Wildman–Crippen LogP) is -18.3. The lowest BCUT2D eigenvalue weighted by Gasteiger charge is -2.50. The molecule has 0 saturated carbocycles. The van der Waals surface area contributed by atoms with Gasteiger partial charge in [0.2, 0.25) is 5.91 Å². The maximum absolute atomic E-state index is 12.2. The Bertz CT molecular complexity index is 2260. The van der Waals surface area contributed by atoms with E-state index in [1.165, 1.54) is 0 Å². The van der Waals surface area contributed by atoms with Gasteiger partial charge in [0, 0.05) is 6.92 Å². The van der Waals surface area contributed by atoms with E-state index in [4.69, 9.17) is 71.1 Å². The number of rotatable bonds is 23. The van der Waals surface area contributed by atoms with Crippen LogP contribution in [0.5, 0.6) is 0 Å². The Morgan fingerprint density at radius 3 is 0.946 bits per heavy atom. The summed E-state index contributed by atoms with van der Waals surface area (Å²) in [7, 11) is 0. The van der Waals surface area contributed by atoms with Gasteiger partial charge in [-0.25, -0.2) is 0 Å². The van der Waals surface area contributed by atoms with E-state index >= 15 is 0 Å². The van der Waals surface area contributed by atoms with Gasteiger partial charge in [-0.05, 0) is 0 Å². The van der Waals surface area contributed by atoms with Gasteiger partial charge < -0.3 is 204 Å². The summed E-state index contributed by atoms with van der Waals surface area (Å²) in [6.07, 6.45) is -81.0. The van der Waals surface area contributed by atoms with Gasteiger partial charge in [0.25, 0.3) is 0 Å². The molecule has 8 rings (SSSR count). The largest absolute Gasteiger partial charge is 0.394 e. The summed E-state index contributed by atoms with van der Waals surface area (Å²) in [4.78, 5) is 12.2. The summed E-state index contributed by atoms with van der Waals surface area (Å²) in [6.45, 7) is -7.44. The topological polar surface area (TPSA) is 673 Å². The first-order chi connectivity index (χ1) is 43.6. The summed E-state index contributed by atoms with van der Waals surface area (Å²) >= 11 is 0. The minimum atomic E-state index is -2.45. The second-order valence-electron chi connectivity index (χ2n) is 23.1. The molecule has 0 aromatic heterocycles. The lowest BCUT2D eigenvalue weighted by atomic mass is 9.94. The number of aliphatic hydroxyl groups is 25. The van der Waals surface area contributed by atoms with E-state index in [1.807, 2.05) is 0 Å². The number of carbonyl (C=O) groups excluding carboxylic acids is 1. The van der Waals surface area contributed by atoms with Gasteiger partial charge in [-0.15, -0.1) is 0 Å². The van der Waals surface area contributed by atoms with Crippen LogP contribution in [0.3, 0.4) is 0 Å². The molecule has 40 atom stereocenters. The van der Waals surface area contributed by atoms with E-state index in [2.05, 4.69) is 5.32 Å². The van der Waals surface area contributed by atoms with E-state index in [0.717, 1.165) is 6.92 Å². The van der Waals surface area contributed by atoms with Crippen LogP contribution in [0.2, 0.25) is 0 Å². The molecule has 26 N–H and O–H groups in total. The Balaban J connectivity index is 1.09. The second-order valence-corrected chi connectivity index (χ2v) is 23.1. The third-order valence-corrected chi connectivity index (χ3v) is 17.0. The molecule has 536 valence electrons. The first kappa shape index (κ1) is 75.6. The SMILES string of the molecule is CC(=O)N[C@H]1C(O)O[C@H](CO)[C@@H](O[C@@H]2O[C@H](CO[C@H]3O[C@H](CO)[C@@H](O)[C@H](O[C@H]4O[C@H](CO)[C@@H](O)[C@H](O)[C@@H]4O[C@H]4O[C@H](CO)[C@@H](O)[C@H](O)[C@@H]4O)[C@@H]3O)[C@@H](O)[C@H](O[C@H]3O[C@H](CO)[C@@H](O)[C@H](O)[C@@H]3O[C@H]3O[C@H](CO)[C@@H](O)[C@H](O)[C@@H]3O[C@H]3O[C@H](CO)[C@@H](O)[C@H](O)[C@@H]3O)[C@@H]2O)[C@@H]1O. The fourth-order valence-electron chi connectivity index (χ4n) is 11.7. The van der Waals surface area contributed by atoms with Gasteiger partial charge in [-0.3, -0.25) is 4.79 Å². The number of hydrogen-bond acceptors (Lipinski definition) is 41. The minimum Gasteiger partial charge on any atom is -0.394 e. The average Bonchev–Trinajstić information content (AvgIpc) is 0.794. The molecule has 42 nitrogen and oxygen atoms in total. The Labute approximate surface area is 519 Å². The van der Waals surface area contributed by atoms with Gasteiger partial charge >= 0.3 is 0 Å². The van der Waals surface area contributed by atoms with Crippen molar-refractivity contribution in [3.63, 3.8) is 0 Å². The molecule has 8 heterocycles. The molecular weight excluding hydrogens is 1270 g/mol. The fourth-order valence-corrected chi connectivity index (χ4v) is 11.7. The third kappa shape index (κ3) is 15.8. The van der Waals surface area contributed by atoms with Gasteiger partial charge in [0.15, 0.2) is 50.3 Å². The molecule has 8 aliphatic rings. The van der Waals surface area contributed by atoms with Crippen LogP contribution < -0.4 is 5.32 Å². The van der Waals surface area contributed by atoms with Crippen molar-refractivity contribution in [2.24, 2.45) is 0 Å². The number of amides is 1. The number of ether oxygens (including phenoxy) is 15. The zero-order chi connectivity index (χ0) is 67.6. The summed E-state index contributed by atoms with van der Waals surface area (Å²) < 4.78 is 86.2. The van der Waals surface area contributed by atoms with E-state index in [0.29, 0.717) is 0 Å². The van der Waals surface area contributed by atoms with Crippen molar-refractivity contribution >= 4 is 5.91 Å². The normalized spacial score (nSPS) is 52.2. The van der Waals surface area contributed by atoms with Crippen LogP contribution in [0, 0.1) is 0 Å². The van der Waals surface area contributed by atoms with Crippen molar-refractivity contribution in [2.75, 3.05) is 52.9 Å². The maximum atomic E-state index is 12.2. The molecular formula is C50H85NO41. The van der Waals surface area contributed by atoms with Crippen LogP contribution in [-0.4, -0.2) is 432 Å². The summed E-state index contributed by atoms with van der Waals surface area (Å²) in [6, 6.07) is -1.72. The number of aliphatic hydroxyl groups excluding tert-OH is 25. The van der Waals surface area contributed by atoms with Crippen LogP contribution in [-0.2, 0) is 75.8 Å². The van der Waals surface area contributed by atoms with Gasteiger partial charge in [-0.1, -0.05) is 0 Å². The molecule has 42 heteroatoms. The lowest BCUT2D eigenvalue weighted by Crippen LogP contribution is -2.69. The number of hydrogen-bond donors (Lipinski definition) is 26. The lowest BCUT2D eigenvalue weighted by molar-refractivity contribution is -0.407. The predicted molar refractivity (Wildman–Crippen MR) is 276 cm³/mol. The summed E-state index contributed by atoms with van der Waals surface area (Å²) in [5, 5.41) is 274. The zero-order valence-electron chi connectivity index (χ0n) is 48.5. The van der Waals surface area contributed by atoms with Crippen LogP contribution in [0.1, 0.15) is 6.92 Å². The Morgan fingerprint density at radius 1 is 0.283 bits per heavy atom. The molecule has 8 aliphatic heterocycles. The molecule has 8 fully saturated rings. The van der Waals surface area contributed by atoms with Crippen molar-refractivity contribution < 1.29 is 204 Å². The fraction of sp³-hybridized carbons (Fsp3) is 0.980. The van der Waals surface area contributed by atoms with Crippen molar-refractivity contribution in [2.45, 2.75) is 253 Å². The van der Waals surface area contributed by atoms with Crippen LogP contribution >= 0.6 is 0 Å². The highest BCUT2D eigenvalue weighted by molar-refractivity contribution is 5.73. The molecule has 0 spiro atoms. The first-order valence-corrected chi connectivity index (χ1v) is 29.2. The highest BCUT2D eigenvalue weighted by Gasteiger charge is 2.60. The summed E-state index contributed by atoms with van der Waals surface area (Å²) in [5.74, 6) is -0.824. The quantitative estimate of drug-likeness (QED) is 0.0452. The number of carbonyl (C=O) groups is 1. The molecule has 8 saturated heterocycles. The molecule has 1 unspecified atom stereocenters. The molecule has 0 aliphatic carbocycles. The highest BCUT2D eigenvalue weighted by Crippen LogP contribution is 2.39. The third-order valence-electron chi connectivity index (χ3n) is 17.0. The minimum absolute atomic E-state index is 0.824. The van der Waals surface area contributed by atoms with Crippen LogP contribution in [0.15, 0.2) is 0 Å². The highest BCUT2D eigenvalue weighted by atomic mass is 16.8. The molecule has 92 heavy (non-hydrogen) atoms. The van der Waals surface area contributed by atoms with Gasteiger partial charge in [-0.2, -0.15) is 0 Å².